The van der Waals surface area contributed by atoms with Crippen LogP contribution >= 0.6 is 27.5 Å². The van der Waals surface area contributed by atoms with Crippen molar-refractivity contribution in [3.05, 3.63) is 21.9 Å². The average molecular weight is 384 g/mol. The molecule has 1 aromatic heterocycles. The van der Waals surface area contributed by atoms with Gasteiger partial charge in [0.2, 0.25) is 10.0 Å². The van der Waals surface area contributed by atoms with Gasteiger partial charge in [-0.25, -0.2) is 13.4 Å². The largest absolute Gasteiger partial charge is 0.380 e. The minimum absolute atomic E-state index is 0.0132. The number of halogens is 2. The van der Waals surface area contributed by atoms with E-state index >= 15 is 0 Å². The Bertz CT molecular complexity index is 596. The predicted molar refractivity (Wildman–Crippen MR) is 80.3 cm³/mol. The smallest absolute Gasteiger partial charge is 0.246 e. The molecule has 0 aromatic carbocycles. The summed E-state index contributed by atoms with van der Waals surface area (Å²) in [6.07, 6.45) is 2.13. The van der Waals surface area contributed by atoms with Gasteiger partial charge in [0.1, 0.15) is 10.0 Å². The summed E-state index contributed by atoms with van der Waals surface area (Å²) in [6, 6.07) is 1.48. The predicted octanol–water partition coefficient (Wildman–Crippen LogP) is 2.54. The van der Waals surface area contributed by atoms with Crippen LogP contribution in [0.15, 0.2) is 21.6 Å². The van der Waals surface area contributed by atoms with Crippen molar-refractivity contribution in [1.82, 2.24) is 9.29 Å². The number of sulfonamides is 1. The Morgan fingerprint density at radius 2 is 2.25 bits per heavy atom. The van der Waals surface area contributed by atoms with Crippen molar-refractivity contribution in [3.63, 3.8) is 0 Å². The Hall–Kier alpha value is -0.210. The molecule has 0 spiro atoms. The Balaban J connectivity index is 2.33. The average Bonchev–Trinajstić information content (AvgIpc) is 2.41. The number of methoxy groups -OCH3 is 1. The van der Waals surface area contributed by atoms with Crippen LogP contribution in [0.2, 0.25) is 5.15 Å². The summed E-state index contributed by atoms with van der Waals surface area (Å²) in [5.41, 5.74) is 0. The summed E-state index contributed by atoms with van der Waals surface area (Å²) in [5, 5.41) is -0.0132. The Morgan fingerprint density at radius 1 is 1.55 bits per heavy atom. The van der Waals surface area contributed by atoms with Crippen molar-refractivity contribution in [2.24, 2.45) is 5.92 Å². The number of rotatable bonds is 3. The molecule has 112 valence electrons. The zero-order valence-corrected chi connectivity index (χ0v) is 14.4. The molecule has 2 atom stereocenters. The highest BCUT2D eigenvalue weighted by atomic mass is 79.9. The van der Waals surface area contributed by atoms with Crippen molar-refractivity contribution in [1.29, 1.82) is 0 Å². The highest BCUT2D eigenvalue weighted by Gasteiger charge is 2.35. The topological polar surface area (TPSA) is 59.5 Å². The van der Waals surface area contributed by atoms with E-state index in [1.165, 1.54) is 16.6 Å². The zero-order valence-electron chi connectivity index (χ0n) is 11.2. The van der Waals surface area contributed by atoms with Crippen LogP contribution in [0.1, 0.15) is 13.3 Å². The molecule has 0 saturated carbocycles. The maximum atomic E-state index is 12.7. The fourth-order valence-electron chi connectivity index (χ4n) is 2.25. The number of ether oxygens (including phenoxy) is 1. The van der Waals surface area contributed by atoms with Crippen LogP contribution in [0.5, 0.6) is 0 Å². The number of nitrogens with zero attached hydrogens (tertiary/aromatic N) is 2. The van der Waals surface area contributed by atoms with Gasteiger partial charge >= 0.3 is 0 Å². The van der Waals surface area contributed by atoms with Gasteiger partial charge < -0.3 is 4.74 Å². The molecular weight excluding hydrogens is 368 g/mol. The van der Waals surface area contributed by atoms with E-state index in [0.29, 0.717) is 23.5 Å². The summed E-state index contributed by atoms with van der Waals surface area (Å²) in [6.45, 7) is 2.86. The van der Waals surface area contributed by atoms with E-state index in [9.17, 15) is 8.42 Å². The second-order valence-electron chi connectivity index (χ2n) is 4.85. The molecule has 20 heavy (non-hydrogen) atoms. The normalized spacial score (nSPS) is 24.8. The van der Waals surface area contributed by atoms with Gasteiger partial charge in [0.25, 0.3) is 0 Å². The van der Waals surface area contributed by atoms with Gasteiger partial charge in [0.15, 0.2) is 0 Å². The lowest BCUT2D eigenvalue weighted by atomic mass is 9.97. The van der Waals surface area contributed by atoms with Crippen molar-refractivity contribution in [2.45, 2.75) is 24.3 Å². The second kappa shape index (κ2) is 6.27. The van der Waals surface area contributed by atoms with Crippen LogP contribution in [0.4, 0.5) is 0 Å². The lowest BCUT2D eigenvalue weighted by Crippen LogP contribution is -2.46. The molecule has 5 nitrogen and oxygen atoms in total. The molecule has 1 saturated heterocycles. The number of pyridine rings is 1. The number of hydrogen-bond donors (Lipinski definition) is 0. The van der Waals surface area contributed by atoms with E-state index < -0.39 is 10.0 Å². The SMILES string of the molecule is COC1CN(S(=O)(=O)c2cc(Br)cnc2Cl)CCC1C. The maximum Gasteiger partial charge on any atom is 0.246 e. The fraction of sp³-hybridized carbons (Fsp3) is 0.583. The van der Waals surface area contributed by atoms with Gasteiger partial charge in [0.05, 0.1) is 6.10 Å². The van der Waals surface area contributed by atoms with E-state index in [-0.39, 0.29) is 16.2 Å². The molecule has 2 unspecified atom stereocenters. The molecule has 0 radical (unpaired) electrons. The van der Waals surface area contributed by atoms with Crippen LogP contribution in [0.25, 0.3) is 0 Å². The molecule has 8 heteroatoms. The van der Waals surface area contributed by atoms with Gasteiger partial charge in [-0.1, -0.05) is 18.5 Å². The third-order valence-electron chi connectivity index (χ3n) is 3.55. The van der Waals surface area contributed by atoms with Crippen LogP contribution in [-0.2, 0) is 14.8 Å². The van der Waals surface area contributed by atoms with Gasteiger partial charge in [-0.05, 0) is 34.3 Å². The summed E-state index contributed by atoms with van der Waals surface area (Å²) in [7, 11) is -2.05. The van der Waals surface area contributed by atoms with Gasteiger partial charge in [-0.2, -0.15) is 4.31 Å². The highest BCUT2D eigenvalue weighted by molar-refractivity contribution is 9.10. The van der Waals surface area contributed by atoms with Crippen LogP contribution in [-0.4, -0.2) is 44.0 Å². The fourth-order valence-corrected chi connectivity index (χ4v) is 4.64. The first-order valence-electron chi connectivity index (χ1n) is 6.20. The minimum Gasteiger partial charge on any atom is -0.380 e. The maximum absolute atomic E-state index is 12.7. The van der Waals surface area contributed by atoms with E-state index in [0.717, 1.165) is 6.42 Å². The lowest BCUT2D eigenvalue weighted by molar-refractivity contribution is 0.0184. The Morgan fingerprint density at radius 3 is 2.90 bits per heavy atom. The molecule has 0 aliphatic carbocycles. The molecule has 1 fully saturated rings. The third kappa shape index (κ3) is 3.17. The second-order valence-corrected chi connectivity index (χ2v) is 8.03. The molecule has 1 aliphatic rings. The molecule has 0 amide bonds. The standard InChI is InChI=1S/C12H16BrClN2O3S/c1-8-3-4-16(7-10(8)19-2)20(17,18)11-5-9(13)6-15-12(11)14/h5-6,8,10H,3-4,7H2,1-2H3. The first-order chi connectivity index (χ1) is 9.36. The summed E-state index contributed by atoms with van der Waals surface area (Å²) in [5.74, 6) is 0.336. The van der Waals surface area contributed by atoms with Crippen LogP contribution < -0.4 is 0 Å². The van der Waals surface area contributed by atoms with E-state index in [1.54, 1.807) is 7.11 Å². The Labute approximate surface area is 132 Å². The van der Waals surface area contributed by atoms with Crippen molar-refractivity contribution in [2.75, 3.05) is 20.2 Å². The number of aromatic nitrogens is 1. The molecular formula is C12H16BrClN2O3S. The third-order valence-corrected chi connectivity index (χ3v) is 6.27. The van der Waals surface area contributed by atoms with Crippen molar-refractivity contribution >= 4 is 37.6 Å². The van der Waals surface area contributed by atoms with Crippen LogP contribution in [0, 0.1) is 5.92 Å². The summed E-state index contributed by atoms with van der Waals surface area (Å²) < 4.78 is 32.7. The zero-order chi connectivity index (χ0) is 14.9. The molecule has 1 aliphatic heterocycles. The van der Waals surface area contributed by atoms with Gasteiger partial charge in [-0.15, -0.1) is 0 Å². The molecule has 2 heterocycles. The van der Waals surface area contributed by atoms with Crippen LogP contribution in [0.3, 0.4) is 0 Å². The number of piperidine rings is 1. The van der Waals surface area contributed by atoms with E-state index in [4.69, 9.17) is 16.3 Å². The van der Waals surface area contributed by atoms with Crippen molar-refractivity contribution < 1.29 is 13.2 Å². The first-order valence-corrected chi connectivity index (χ1v) is 8.81. The first kappa shape index (κ1) is 16.2. The van der Waals surface area contributed by atoms with Crippen molar-refractivity contribution in [3.8, 4) is 0 Å². The van der Waals surface area contributed by atoms with Gasteiger partial charge in [-0.3, -0.25) is 0 Å². The molecule has 0 bridgehead atoms. The Kier molecular flexibility index (Phi) is 5.07. The lowest BCUT2D eigenvalue weighted by Gasteiger charge is -2.35. The summed E-state index contributed by atoms with van der Waals surface area (Å²) in [4.78, 5) is 3.90. The molecule has 0 N–H and O–H groups in total. The minimum atomic E-state index is -3.65. The van der Waals surface area contributed by atoms with E-state index in [1.807, 2.05) is 0 Å². The van der Waals surface area contributed by atoms with E-state index in [2.05, 4.69) is 27.8 Å². The summed E-state index contributed by atoms with van der Waals surface area (Å²) >= 11 is 9.15. The monoisotopic (exact) mass is 382 g/mol. The number of hydrogen-bond acceptors (Lipinski definition) is 4. The van der Waals surface area contributed by atoms with Gasteiger partial charge in [0, 0.05) is 30.9 Å². The molecule has 1 aromatic rings. The highest BCUT2D eigenvalue weighted by Crippen LogP contribution is 2.29. The quantitative estimate of drug-likeness (QED) is 0.753. The molecule has 2 rings (SSSR count).